The van der Waals surface area contributed by atoms with Crippen molar-refractivity contribution in [1.29, 1.82) is 0 Å². The van der Waals surface area contributed by atoms with Gasteiger partial charge in [-0.2, -0.15) is 13.2 Å². The number of alkyl halides is 3. The minimum Gasteiger partial charge on any atom is -0.379 e. The summed E-state index contributed by atoms with van der Waals surface area (Å²) < 4.78 is 46.3. The highest BCUT2D eigenvalue weighted by molar-refractivity contribution is 6.02. The molecule has 2 aromatic rings. The van der Waals surface area contributed by atoms with Gasteiger partial charge in [0.2, 0.25) is 0 Å². The number of nitrogens with zero attached hydrogens (tertiary/aromatic N) is 2. The number of carbonyl (C=O) groups is 1. The molecule has 0 atom stereocenters. The maximum Gasteiger partial charge on any atom is 0.416 e. The molecule has 0 radical (unpaired) electrons. The highest BCUT2D eigenvalue weighted by atomic mass is 19.4. The van der Waals surface area contributed by atoms with E-state index in [0.717, 1.165) is 62.8 Å². The van der Waals surface area contributed by atoms with E-state index >= 15 is 0 Å². The Morgan fingerprint density at radius 1 is 1.13 bits per heavy atom. The van der Waals surface area contributed by atoms with Crippen molar-refractivity contribution in [3.63, 3.8) is 0 Å². The Bertz CT molecular complexity index is 883. The van der Waals surface area contributed by atoms with E-state index in [0.29, 0.717) is 29.7 Å². The molecule has 3 rings (SSSR count). The van der Waals surface area contributed by atoms with Crippen molar-refractivity contribution in [2.24, 2.45) is 5.73 Å². The molecule has 1 aliphatic heterocycles. The smallest absolute Gasteiger partial charge is 0.379 e. The zero-order valence-electron chi connectivity index (χ0n) is 17.4. The van der Waals surface area contributed by atoms with Crippen LogP contribution in [-0.4, -0.2) is 48.2 Å². The maximum atomic E-state index is 12.9. The summed E-state index contributed by atoms with van der Waals surface area (Å²) >= 11 is 0. The number of hydrogen-bond donors (Lipinski definition) is 1. The van der Waals surface area contributed by atoms with Gasteiger partial charge in [0.15, 0.2) is 0 Å². The predicted molar refractivity (Wildman–Crippen MR) is 109 cm³/mol. The van der Waals surface area contributed by atoms with E-state index in [-0.39, 0.29) is 0 Å². The number of hydrogen-bond acceptors (Lipinski definition) is 3. The van der Waals surface area contributed by atoms with Gasteiger partial charge >= 0.3 is 6.18 Å². The fraction of sp³-hybridized carbons (Fsp3) is 0.500. The maximum absolute atomic E-state index is 12.9. The van der Waals surface area contributed by atoms with E-state index in [1.165, 1.54) is 12.1 Å². The Morgan fingerprint density at radius 3 is 2.30 bits per heavy atom. The van der Waals surface area contributed by atoms with Crippen LogP contribution in [0.15, 0.2) is 24.3 Å². The summed E-state index contributed by atoms with van der Waals surface area (Å²) in [6.07, 6.45) is -2.87. The SMILES string of the molecule is CCc1c(-c2ccc(C(F)(F)F)cc2)c(C(N)=O)c(C)n1CCCN1CCOCC1. The quantitative estimate of drug-likeness (QED) is 0.736. The first-order chi connectivity index (χ1) is 14.2. The fourth-order valence-corrected chi connectivity index (χ4v) is 4.18. The van der Waals surface area contributed by atoms with Crippen LogP contribution in [0.3, 0.4) is 0 Å². The van der Waals surface area contributed by atoms with Crippen molar-refractivity contribution in [3.8, 4) is 11.1 Å². The van der Waals surface area contributed by atoms with Crippen LogP contribution >= 0.6 is 0 Å². The molecule has 5 nitrogen and oxygen atoms in total. The first-order valence-electron chi connectivity index (χ1n) is 10.2. The second-order valence-corrected chi connectivity index (χ2v) is 7.53. The molecule has 1 aromatic heterocycles. The number of amides is 1. The average molecular weight is 423 g/mol. The number of aromatic nitrogens is 1. The van der Waals surface area contributed by atoms with Crippen molar-refractivity contribution in [2.75, 3.05) is 32.8 Å². The molecule has 1 amide bonds. The molecule has 30 heavy (non-hydrogen) atoms. The highest BCUT2D eigenvalue weighted by Gasteiger charge is 2.31. The van der Waals surface area contributed by atoms with Crippen LogP contribution in [0.4, 0.5) is 13.2 Å². The van der Waals surface area contributed by atoms with Gasteiger partial charge in [0, 0.05) is 43.1 Å². The third kappa shape index (κ3) is 4.70. The Hall–Kier alpha value is -2.32. The van der Waals surface area contributed by atoms with Gasteiger partial charge in [-0.3, -0.25) is 9.69 Å². The normalized spacial score (nSPS) is 15.5. The molecular formula is C22H28F3N3O2. The van der Waals surface area contributed by atoms with Crippen LogP contribution in [0, 0.1) is 6.92 Å². The van der Waals surface area contributed by atoms with Crippen molar-refractivity contribution in [2.45, 2.75) is 39.4 Å². The number of morpholine rings is 1. The number of primary amides is 1. The molecule has 1 saturated heterocycles. The molecule has 0 unspecified atom stereocenters. The van der Waals surface area contributed by atoms with E-state index in [2.05, 4.69) is 9.47 Å². The minimum atomic E-state index is -4.40. The molecule has 1 aliphatic rings. The van der Waals surface area contributed by atoms with Crippen molar-refractivity contribution in [1.82, 2.24) is 9.47 Å². The molecule has 1 aromatic carbocycles. The molecule has 0 aliphatic carbocycles. The zero-order chi connectivity index (χ0) is 21.9. The molecular weight excluding hydrogens is 395 g/mol. The molecule has 0 saturated carbocycles. The Balaban J connectivity index is 1.92. The zero-order valence-corrected chi connectivity index (χ0v) is 17.4. The Labute approximate surface area is 174 Å². The van der Waals surface area contributed by atoms with Gasteiger partial charge in [0.25, 0.3) is 5.91 Å². The van der Waals surface area contributed by atoms with Crippen LogP contribution in [0.1, 0.15) is 40.7 Å². The van der Waals surface area contributed by atoms with Crippen LogP contribution in [0.5, 0.6) is 0 Å². The molecule has 8 heteroatoms. The molecule has 164 valence electrons. The van der Waals surface area contributed by atoms with Crippen molar-refractivity contribution in [3.05, 3.63) is 46.8 Å². The van der Waals surface area contributed by atoms with Crippen LogP contribution in [0.2, 0.25) is 0 Å². The number of rotatable bonds is 7. The lowest BCUT2D eigenvalue weighted by atomic mass is 9.97. The summed E-state index contributed by atoms with van der Waals surface area (Å²) in [6, 6.07) is 4.93. The molecule has 0 spiro atoms. The van der Waals surface area contributed by atoms with Gasteiger partial charge in [-0.25, -0.2) is 0 Å². The standard InChI is InChI=1S/C22H28F3N3O2/c1-3-18-20(16-5-7-17(8-6-16)22(23,24)25)19(21(26)29)15(2)28(18)10-4-9-27-11-13-30-14-12-27/h5-8H,3-4,9-14H2,1-2H3,(H2,26,29). The minimum absolute atomic E-state index is 0.387. The monoisotopic (exact) mass is 423 g/mol. The topological polar surface area (TPSA) is 60.5 Å². The largest absolute Gasteiger partial charge is 0.416 e. The summed E-state index contributed by atoms with van der Waals surface area (Å²) in [5.74, 6) is -0.566. The molecule has 2 heterocycles. The van der Waals surface area contributed by atoms with E-state index in [4.69, 9.17) is 10.5 Å². The van der Waals surface area contributed by atoms with Crippen LogP contribution in [-0.2, 0) is 23.9 Å². The molecule has 2 N–H and O–H groups in total. The molecule has 0 bridgehead atoms. The van der Waals surface area contributed by atoms with E-state index in [9.17, 15) is 18.0 Å². The number of ether oxygens (including phenoxy) is 1. The van der Waals surface area contributed by atoms with Gasteiger partial charge in [-0.15, -0.1) is 0 Å². The summed E-state index contributed by atoms with van der Waals surface area (Å²) in [5.41, 5.74) is 8.24. The average Bonchev–Trinajstić information content (AvgIpc) is 3.00. The van der Waals surface area contributed by atoms with Gasteiger partial charge in [0.05, 0.1) is 24.3 Å². The van der Waals surface area contributed by atoms with Crippen molar-refractivity contribution < 1.29 is 22.7 Å². The summed E-state index contributed by atoms with van der Waals surface area (Å²) in [5, 5.41) is 0. The third-order valence-electron chi connectivity index (χ3n) is 5.67. The second-order valence-electron chi connectivity index (χ2n) is 7.53. The lowest BCUT2D eigenvalue weighted by Gasteiger charge is -2.26. The van der Waals surface area contributed by atoms with Gasteiger partial charge in [-0.05, 0) is 37.5 Å². The Morgan fingerprint density at radius 2 is 1.77 bits per heavy atom. The lowest BCUT2D eigenvalue weighted by molar-refractivity contribution is -0.137. The van der Waals surface area contributed by atoms with Crippen molar-refractivity contribution >= 4 is 5.91 Å². The highest BCUT2D eigenvalue weighted by Crippen LogP contribution is 2.36. The lowest BCUT2D eigenvalue weighted by Crippen LogP contribution is -2.37. The third-order valence-corrected chi connectivity index (χ3v) is 5.67. The van der Waals surface area contributed by atoms with Gasteiger partial charge in [0.1, 0.15) is 0 Å². The van der Waals surface area contributed by atoms with Gasteiger partial charge < -0.3 is 15.0 Å². The summed E-state index contributed by atoms with van der Waals surface area (Å²) in [6.45, 7) is 8.77. The van der Waals surface area contributed by atoms with E-state index in [1.807, 2.05) is 13.8 Å². The number of halogens is 3. The Kier molecular flexibility index (Phi) is 6.88. The van der Waals surface area contributed by atoms with Crippen LogP contribution in [0.25, 0.3) is 11.1 Å². The summed E-state index contributed by atoms with van der Waals surface area (Å²) in [4.78, 5) is 14.6. The molecule has 1 fully saturated rings. The van der Waals surface area contributed by atoms with Gasteiger partial charge in [-0.1, -0.05) is 19.1 Å². The first kappa shape index (κ1) is 22.4. The fourth-order valence-electron chi connectivity index (χ4n) is 4.18. The number of nitrogens with two attached hydrogens (primary N) is 1. The number of carbonyl (C=O) groups excluding carboxylic acids is 1. The first-order valence-corrected chi connectivity index (χ1v) is 10.2. The van der Waals surface area contributed by atoms with E-state index < -0.39 is 17.6 Å². The predicted octanol–water partition coefficient (Wildman–Crippen LogP) is 3.87. The second kappa shape index (κ2) is 9.22. The van der Waals surface area contributed by atoms with E-state index in [1.54, 1.807) is 0 Å². The van der Waals surface area contributed by atoms with Crippen LogP contribution < -0.4 is 5.73 Å². The number of benzene rings is 1. The summed E-state index contributed by atoms with van der Waals surface area (Å²) in [7, 11) is 0.